The number of nitrogens with zero attached hydrogens (tertiary/aromatic N) is 2. The van der Waals surface area contributed by atoms with Crippen LogP contribution in [0.2, 0.25) is 5.02 Å². The first kappa shape index (κ1) is 19.3. The third-order valence-corrected chi connectivity index (χ3v) is 5.95. The largest absolute Gasteiger partial charge is 0.493 e. The molecule has 0 unspecified atom stereocenters. The van der Waals surface area contributed by atoms with E-state index in [2.05, 4.69) is 10.9 Å². The number of halogens is 1. The van der Waals surface area contributed by atoms with Crippen LogP contribution in [0.15, 0.2) is 29.1 Å². The second-order valence-electron chi connectivity index (χ2n) is 6.60. The summed E-state index contributed by atoms with van der Waals surface area (Å²) in [6.07, 6.45) is 7.02. The second kappa shape index (κ2) is 7.43. The van der Waals surface area contributed by atoms with E-state index in [1.807, 2.05) is 26.0 Å². The van der Waals surface area contributed by atoms with Gasteiger partial charge in [0.05, 0.1) is 27.7 Å². The van der Waals surface area contributed by atoms with Gasteiger partial charge in [-0.3, -0.25) is 4.79 Å². The topological polar surface area (TPSA) is 52.8 Å². The van der Waals surface area contributed by atoms with Crippen LogP contribution in [0.4, 0.5) is 0 Å². The maximum absolute atomic E-state index is 13.0. The van der Waals surface area contributed by atoms with Gasteiger partial charge < -0.3 is 9.47 Å². The molecule has 29 heavy (non-hydrogen) atoms. The van der Waals surface area contributed by atoms with Gasteiger partial charge in [0.25, 0.3) is 5.56 Å². The van der Waals surface area contributed by atoms with Crippen LogP contribution in [-0.4, -0.2) is 23.1 Å². The van der Waals surface area contributed by atoms with Crippen molar-refractivity contribution < 1.29 is 9.47 Å². The van der Waals surface area contributed by atoms with Gasteiger partial charge in [0, 0.05) is 0 Å². The average Bonchev–Trinajstić information content (AvgIpc) is 3.17. The standard InChI is InChI=1S/C22H17ClN2O3S/c1-5-6-28-20-15(23)9-14(10-18(20)27-4)11-19-21(26)25-17-8-13(3)12(2)7-16(17)24-22(25)29-19/h1,7-11H,6H2,2-4H3. The van der Waals surface area contributed by atoms with Gasteiger partial charge in [-0.25, -0.2) is 9.38 Å². The summed E-state index contributed by atoms with van der Waals surface area (Å²) in [6, 6.07) is 7.47. The van der Waals surface area contributed by atoms with E-state index in [9.17, 15) is 4.79 Å². The lowest BCUT2D eigenvalue weighted by molar-refractivity contribution is 0.331. The number of fused-ring (bicyclic) bond motifs is 3. The van der Waals surface area contributed by atoms with Gasteiger partial charge in [0.2, 0.25) is 0 Å². The zero-order valence-electron chi connectivity index (χ0n) is 16.1. The Balaban J connectivity index is 1.88. The molecule has 0 atom stereocenters. The number of methoxy groups -OCH3 is 1. The van der Waals surface area contributed by atoms with Gasteiger partial charge in [-0.15, -0.1) is 6.42 Å². The fraction of sp³-hybridized carbons (Fsp3) is 0.182. The van der Waals surface area contributed by atoms with Crippen molar-refractivity contribution >= 4 is 45.0 Å². The maximum Gasteiger partial charge on any atom is 0.274 e. The molecule has 0 aliphatic rings. The summed E-state index contributed by atoms with van der Waals surface area (Å²) in [7, 11) is 1.52. The molecule has 0 spiro atoms. The van der Waals surface area contributed by atoms with Crippen molar-refractivity contribution in [2.24, 2.45) is 0 Å². The summed E-state index contributed by atoms with van der Waals surface area (Å²) >= 11 is 7.67. The van der Waals surface area contributed by atoms with E-state index in [0.717, 1.165) is 27.7 Å². The van der Waals surface area contributed by atoms with Crippen molar-refractivity contribution in [3.8, 4) is 23.8 Å². The summed E-state index contributed by atoms with van der Waals surface area (Å²) in [6.45, 7) is 4.14. The van der Waals surface area contributed by atoms with Gasteiger partial charge in [0.1, 0.15) is 6.61 Å². The highest BCUT2D eigenvalue weighted by molar-refractivity contribution is 7.15. The SMILES string of the molecule is C#CCOc1c(Cl)cc(C=c2sc3nc4cc(C)c(C)cc4n3c2=O)cc1OC. The van der Waals surface area contributed by atoms with Crippen molar-refractivity contribution in [1.82, 2.24) is 9.38 Å². The molecular weight excluding hydrogens is 408 g/mol. The molecule has 0 N–H and O–H groups in total. The van der Waals surface area contributed by atoms with E-state index < -0.39 is 0 Å². The predicted molar refractivity (Wildman–Crippen MR) is 117 cm³/mol. The van der Waals surface area contributed by atoms with Crippen LogP contribution < -0.4 is 19.6 Å². The summed E-state index contributed by atoms with van der Waals surface area (Å²) in [5.41, 5.74) is 4.52. The van der Waals surface area contributed by atoms with Crippen LogP contribution in [-0.2, 0) is 0 Å². The molecule has 4 aromatic rings. The average molecular weight is 425 g/mol. The van der Waals surface area contributed by atoms with Crippen LogP contribution in [0.1, 0.15) is 16.7 Å². The van der Waals surface area contributed by atoms with E-state index in [4.69, 9.17) is 27.5 Å². The molecule has 7 heteroatoms. The number of ether oxygens (including phenoxy) is 2. The molecule has 4 rings (SSSR count). The molecule has 0 saturated carbocycles. The van der Waals surface area contributed by atoms with E-state index >= 15 is 0 Å². The maximum atomic E-state index is 13.0. The van der Waals surface area contributed by atoms with E-state index in [1.165, 1.54) is 18.4 Å². The molecule has 0 fully saturated rings. The first-order chi connectivity index (χ1) is 13.9. The van der Waals surface area contributed by atoms with Crippen molar-refractivity contribution in [2.75, 3.05) is 13.7 Å². The number of hydrogen-bond donors (Lipinski definition) is 0. The van der Waals surface area contributed by atoms with E-state index in [0.29, 0.717) is 26.0 Å². The smallest absolute Gasteiger partial charge is 0.274 e. The Labute approximate surface area is 176 Å². The van der Waals surface area contributed by atoms with Gasteiger partial charge in [-0.2, -0.15) is 0 Å². The van der Waals surface area contributed by atoms with Crippen LogP contribution in [0.5, 0.6) is 11.5 Å². The number of imidazole rings is 1. The molecule has 146 valence electrons. The number of benzene rings is 2. The zero-order chi connectivity index (χ0) is 20.7. The zero-order valence-corrected chi connectivity index (χ0v) is 17.6. The lowest BCUT2D eigenvalue weighted by atomic mass is 10.1. The molecule has 2 heterocycles. The summed E-state index contributed by atoms with van der Waals surface area (Å²) < 4.78 is 13.0. The third kappa shape index (κ3) is 3.33. The minimum atomic E-state index is -0.112. The fourth-order valence-corrected chi connectivity index (χ4v) is 4.41. The molecule has 2 aromatic carbocycles. The van der Waals surface area contributed by atoms with Gasteiger partial charge in [-0.05, 0) is 60.9 Å². The number of aryl methyl sites for hydroxylation is 2. The van der Waals surface area contributed by atoms with Crippen molar-refractivity contribution in [3.63, 3.8) is 0 Å². The van der Waals surface area contributed by atoms with Crippen LogP contribution in [0, 0.1) is 26.2 Å². The number of rotatable bonds is 4. The lowest BCUT2D eigenvalue weighted by Crippen LogP contribution is -2.22. The van der Waals surface area contributed by atoms with Crippen LogP contribution in [0.3, 0.4) is 0 Å². The predicted octanol–water partition coefficient (Wildman–Crippen LogP) is 3.75. The Bertz CT molecular complexity index is 1410. The van der Waals surface area contributed by atoms with Gasteiger partial charge >= 0.3 is 0 Å². The van der Waals surface area contributed by atoms with Crippen molar-refractivity contribution in [3.05, 3.63) is 60.9 Å². The van der Waals surface area contributed by atoms with Crippen molar-refractivity contribution in [1.29, 1.82) is 0 Å². The first-order valence-corrected chi connectivity index (χ1v) is 10.00. The van der Waals surface area contributed by atoms with E-state index in [-0.39, 0.29) is 12.2 Å². The molecule has 0 saturated heterocycles. The number of thiazole rings is 1. The number of terminal acetylenes is 1. The van der Waals surface area contributed by atoms with Crippen LogP contribution in [0.25, 0.3) is 22.1 Å². The lowest BCUT2D eigenvalue weighted by Gasteiger charge is -2.11. The highest BCUT2D eigenvalue weighted by Crippen LogP contribution is 2.36. The molecule has 2 aromatic heterocycles. The van der Waals surface area contributed by atoms with Gasteiger partial charge in [-0.1, -0.05) is 28.9 Å². The summed E-state index contributed by atoms with van der Waals surface area (Å²) in [5.74, 6) is 3.22. The fourth-order valence-electron chi connectivity index (χ4n) is 3.15. The Morgan fingerprint density at radius 2 is 2.03 bits per heavy atom. The summed E-state index contributed by atoms with van der Waals surface area (Å²) in [4.78, 5) is 18.3. The Kier molecular flexibility index (Phi) is 4.95. The van der Waals surface area contributed by atoms with Gasteiger partial charge in [0.15, 0.2) is 16.5 Å². The third-order valence-electron chi connectivity index (χ3n) is 4.70. The second-order valence-corrected chi connectivity index (χ2v) is 8.01. The van der Waals surface area contributed by atoms with Crippen LogP contribution >= 0.6 is 22.9 Å². The Morgan fingerprint density at radius 3 is 2.76 bits per heavy atom. The molecular formula is C22H17ClN2O3S. The molecule has 5 nitrogen and oxygen atoms in total. The minimum absolute atomic E-state index is 0.0813. The van der Waals surface area contributed by atoms with E-state index in [1.54, 1.807) is 22.6 Å². The summed E-state index contributed by atoms with van der Waals surface area (Å²) in [5, 5.41) is 0.358. The van der Waals surface area contributed by atoms with Crippen molar-refractivity contribution in [2.45, 2.75) is 13.8 Å². The first-order valence-electron chi connectivity index (χ1n) is 8.80. The Morgan fingerprint density at radius 1 is 1.28 bits per heavy atom. The number of hydrogen-bond acceptors (Lipinski definition) is 5. The number of aromatic nitrogens is 2. The highest BCUT2D eigenvalue weighted by Gasteiger charge is 2.14. The molecule has 0 aliphatic carbocycles. The normalized spacial score (nSPS) is 11.9. The highest BCUT2D eigenvalue weighted by atomic mass is 35.5. The molecule has 0 aliphatic heterocycles. The molecule has 0 radical (unpaired) electrons. The molecule has 0 amide bonds. The Hall–Kier alpha value is -3.01. The quantitative estimate of drug-likeness (QED) is 0.468. The minimum Gasteiger partial charge on any atom is -0.493 e. The molecule has 0 bridgehead atoms. The monoisotopic (exact) mass is 424 g/mol.